The molecule has 6 nitrogen and oxygen atoms in total. The predicted octanol–water partition coefficient (Wildman–Crippen LogP) is 1.90. The summed E-state index contributed by atoms with van der Waals surface area (Å²) in [6, 6.07) is 6.60. The van der Waals surface area contributed by atoms with Crippen LogP contribution in [-0.2, 0) is 0 Å². The van der Waals surface area contributed by atoms with Crippen LogP contribution in [0.4, 0.5) is 11.4 Å². The molecule has 1 aromatic carbocycles. The first kappa shape index (κ1) is 14.3. The number of nitriles is 1. The molecule has 0 bridgehead atoms. The first-order chi connectivity index (χ1) is 9.61. The lowest BCUT2D eigenvalue weighted by molar-refractivity contribution is -0.385. The van der Waals surface area contributed by atoms with Gasteiger partial charge in [0.2, 0.25) is 0 Å². The fraction of sp³-hybridized carbons (Fsp3) is 0.500. The quantitative estimate of drug-likeness (QED) is 0.670. The van der Waals surface area contributed by atoms with Gasteiger partial charge in [-0.15, -0.1) is 0 Å². The van der Waals surface area contributed by atoms with E-state index < -0.39 is 4.92 Å². The molecule has 1 aromatic rings. The van der Waals surface area contributed by atoms with Gasteiger partial charge >= 0.3 is 0 Å². The fourth-order valence-corrected chi connectivity index (χ4v) is 2.58. The Morgan fingerprint density at radius 1 is 1.60 bits per heavy atom. The minimum Gasteiger partial charge on any atom is -0.374 e. The number of hydrogen-bond acceptors (Lipinski definition) is 5. The Hall–Kier alpha value is -2.13. The van der Waals surface area contributed by atoms with E-state index in [1.165, 1.54) is 18.9 Å². The third-order valence-electron chi connectivity index (χ3n) is 3.67. The van der Waals surface area contributed by atoms with Crippen molar-refractivity contribution in [3.05, 3.63) is 33.9 Å². The Kier molecular flexibility index (Phi) is 4.53. The Bertz CT molecular complexity index is 532. The van der Waals surface area contributed by atoms with Crippen LogP contribution in [-0.4, -0.2) is 31.6 Å². The maximum Gasteiger partial charge on any atom is 0.287 e. The highest BCUT2D eigenvalue weighted by molar-refractivity contribution is 5.59. The minimum atomic E-state index is -0.520. The number of nitro benzene ring substituents is 1. The van der Waals surface area contributed by atoms with Crippen LogP contribution in [0.25, 0.3) is 0 Å². The topological polar surface area (TPSA) is 82.2 Å². The van der Waals surface area contributed by atoms with E-state index in [2.05, 4.69) is 10.2 Å². The molecule has 106 valence electrons. The number of piperidine rings is 1. The third kappa shape index (κ3) is 3.25. The molecule has 0 radical (unpaired) electrons. The highest BCUT2D eigenvalue weighted by Gasteiger charge is 2.18. The first-order valence-corrected chi connectivity index (χ1v) is 6.72. The molecule has 1 heterocycles. The van der Waals surface area contributed by atoms with Gasteiger partial charge in [-0.2, -0.15) is 5.26 Å². The van der Waals surface area contributed by atoms with E-state index in [0.29, 0.717) is 5.92 Å². The Morgan fingerprint density at radius 3 is 3.00 bits per heavy atom. The van der Waals surface area contributed by atoms with Gasteiger partial charge in [0, 0.05) is 25.3 Å². The molecule has 2 rings (SSSR count). The summed E-state index contributed by atoms with van der Waals surface area (Å²) in [4.78, 5) is 12.3. The molecule has 0 amide bonds. The lowest BCUT2D eigenvalue weighted by Gasteiger charge is -2.28. The molecule has 20 heavy (non-hydrogen) atoms. The molecule has 0 spiro atoms. The molecule has 1 atom stereocenters. The largest absolute Gasteiger partial charge is 0.374 e. The van der Waals surface area contributed by atoms with Gasteiger partial charge in [0.15, 0.2) is 0 Å². The number of nitrogens with zero attached hydrogens (tertiary/aromatic N) is 3. The Morgan fingerprint density at radius 2 is 2.40 bits per heavy atom. The molecule has 1 aliphatic heterocycles. The van der Waals surface area contributed by atoms with Crippen molar-refractivity contribution in [2.45, 2.75) is 12.8 Å². The molecule has 0 saturated carbocycles. The molecule has 1 aliphatic rings. The van der Waals surface area contributed by atoms with E-state index in [0.717, 1.165) is 25.3 Å². The van der Waals surface area contributed by atoms with Gasteiger partial charge in [-0.1, -0.05) is 0 Å². The smallest absolute Gasteiger partial charge is 0.287 e. The van der Waals surface area contributed by atoms with Gasteiger partial charge in [0.05, 0.1) is 4.92 Å². The Labute approximate surface area is 118 Å². The van der Waals surface area contributed by atoms with E-state index in [-0.39, 0.29) is 11.3 Å². The summed E-state index contributed by atoms with van der Waals surface area (Å²) >= 11 is 0. The predicted molar refractivity (Wildman–Crippen MR) is 76.7 cm³/mol. The summed E-state index contributed by atoms with van der Waals surface area (Å²) in [5.74, 6) is 0.578. The Balaban J connectivity index is 2.11. The van der Waals surface area contributed by atoms with E-state index in [1.54, 1.807) is 12.1 Å². The summed E-state index contributed by atoms with van der Waals surface area (Å²) in [6.07, 6.45) is 2.37. The zero-order chi connectivity index (χ0) is 14.5. The molecule has 1 unspecified atom stereocenters. The second-order valence-electron chi connectivity index (χ2n) is 5.16. The van der Waals surface area contributed by atoms with Crippen LogP contribution in [0.3, 0.4) is 0 Å². The first-order valence-electron chi connectivity index (χ1n) is 6.72. The number of hydrogen-bond donors (Lipinski definition) is 1. The van der Waals surface area contributed by atoms with E-state index in [4.69, 9.17) is 5.26 Å². The SMILES string of the molecule is CN(CC1CCCNC1)c1ccc([N+](=O)[O-])c(C#N)c1. The van der Waals surface area contributed by atoms with Gasteiger partial charge in [-0.3, -0.25) is 10.1 Å². The zero-order valence-electron chi connectivity index (χ0n) is 11.5. The molecule has 1 N–H and O–H groups in total. The van der Waals surface area contributed by atoms with Gasteiger partial charge in [-0.25, -0.2) is 0 Å². The van der Waals surface area contributed by atoms with Crippen LogP contribution in [0.2, 0.25) is 0 Å². The third-order valence-corrected chi connectivity index (χ3v) is 3.67. The molecule has 6 heteroatoms. The van der Waals surface area contributed by atoms with Gasteiger partial charge in [0.1, 0.15) is 11.6 Å². The number of rotatable bonds is 4. The summed E-state index contributed by atoms with van der Waals surface area (Å²) < 4.78 is 0. The maximum atomic E-state index is 10.8. The average molecular weight is 274 g/mol. The average Bonchev–Trinajstić information content (AvgIpc) is 2.47. The van der Waals surface area contributed by atoms with Crippen molar-refractivity contribution >= 4 is 11.4 Å². The fourth-order valence-electron chi connectivity index (χ4n) is 2.58. The van der Waals surface area contributed by atoms with Gasteiger partial charge in [-0.05, 0) is 44.0 Å². The van der Waals surface area contributed by atoms with E-state index in [9.17, 15) is 10.1 Å². The van der Waals surface area contributed by atoms with E-state index in [1.807, 2.05) is 13.1 Å². The number of nitrogens with one attached hydrogen (secondary N) is 1. The normalized spacial score (nSPS) is 18.3. The minimum absolute atomic E-state index is 0.112. The molecule has 0 aromatic heterocycles. The van der Waals surface area contributed by atoms with Crippen LogP contribution in [0.15, 0.2) is 18.2 Å². The zero-order valence-corrected chi connectivity index (χ0v) is 11.5. The number of nitro groups is 1. The monoisotopic (exact) mass is 274 g/mol. The molecule has 1 fully saturated rings. The van der Waals surface area contributed by atoms with Crippen LogP contribution in [0.1, 0.15) is 18.4 Å². The lowest BCUT2D eigenvalue weighted by atomic mass is 9.99. The van der Waals surface area contributed by atoms with E-state index >= 15 is 0 Å². The van der Waals surface area contributed by atoms with Crippen LogP contribution >= 0.6 is 0 Å². The molecular weight excluding hydrogens is 256 g/mol. The number of benzene rings is 1. The van der Waals surface area contributed by atoms with Crippen molar-refractivity contribution in [1.82, 2.24) is 5.32 Å². The highest BCUT2D eigenvalue weighted by Crippen LogP contribution is 2.25. The van der Waals surface area contributed by atoms with Crippen molar-refractivity contribution in [3.8, 4) is 6.07 Å². The van der Waals surface area contributed by atoms with Crippen molar-refractivity contribution in [2.24, 2.45) is 5.92 Å². The van der Waals surface area contributed by atoms with Crippen molar-refractivity contribution in [3.63, 3.8) is 0 Å². The van der Waals surface area contributed by atoms with Crippen molar-refractivity contribution < 1.29 is 4.92 Å². The van der Waals surface area contributed by atoms with Crippen LogP contribution in [0.5, 0.6) is 0 Å². The maximum absolute atomic E-state index is 10.8. The summed E-state index contributed by atoms with van der Waals surface area (Å²) in [6.45, 7) is 2.97. The van der Waals surface area contributed by atoms with Crippen LogP contribution < -0.4 is 10.2 Å². The summed E-state index contributed by atoms with van der Waals surface area (Å²) in [7, 11) is 1.96. The summed E-state index contributed by atoms with van der Waals surface area (Å²) in [5, 5.41) is 23.2. The van der Waals surface area contributed by atoms with Crippen molar-refractivity contribution in [1.29, 1.82) is 5.26 Å². The second kappa shape index (κ2) is 6.35. The highest BCUT2D eigenvalue weighted by atomic mass is 16.6. The second-order valence-corrected chi connectivity index (χ2v) is 5.16. The van der Waals surface area contributed by atoms with Crippen LogP contribution in [0, 0.1) is 27.4 Å². The van der Waals surface area contributed by atoms with Gasteiger partial charge in [0.25, 0.3) is 5.69 Å². The summed E-state index contributed by atoms with van der Waals surface area (Å²) in [5.41, 5.74) is 0.822. The van der Waals surface area contributed by atoms with Gasteiger partial charge < -0.3 is 10.2 Å². The lowest BCUT2D eigenvalue weighted by Crippen LogP contribution is -2.36. The molecule has 1 saturated heterocycles. The molecule has 0 aliphatic carbocycles. The number of anilines is 1. The standard InChI is InChI=1S/C14H18N4O2/c1-17(10-11-3-2-6-16-9-11)13-4-5-14(18(19)20)12(7-13)8-15/h4-5,7,11,16H,2-3,6,9-10H2,1H3. The molecular formula is C14H18N4O2. The van der Waals surface area contributed by atoms with Crippen molar-refractivity contribution in [2.75, 3.05) is 31.6 Å².